The number of hydrogen-bond donors (Lipinski definition) is 1. The Hall–Kier alpha value is -2.23. The molecule has 20 heavy (non-hydrogen) atoms. The molecule has 2 aliphatic rings. The number of rotatable bonds is 3. The van der Waals surface area contributed by atoms with E-state index < -0.39 is 12.2 Å². The van der Waals surface area contributed by atoms with Crippen LogP contribution in [0.15, 0.2) is 30.3 Å². The zero-order chi connectivity index (χ0) is 13.9. The van der Waals surface area contributed by atoms with Crippen molar-refractivity contribution in [1.82, 2.24) is 0 Å². The van der Waals surface area contributed by atoms with Crippen LogP contribution in [0.1, 0.15) is 36.8 Å². The molecule has 0 saturated heterocycles. The second-order valence-corrected chi connectivity index (χ2v) is 4.92. The first-order valence-electron chi connectivity index (χ1n) is 6.79. The number of primary amides is 1. The van der Waals surface area contributed by atoms with Gasteiger partial charge in [0.1, 0.15) is 0 Å². The molecule has 1 amide bonds. The summed E-state index contributed by atoms with van der Waals surface area (Å²) in [5.41, 5.74) is 8.48. The third kappa shape index (κ3) is 2.41. The van der Waals surface area contributed by atoms with E-state index in [2.05, 4.69) is 18.4 Å². The average Bonchev–Trinajstić information content (AvgIpc) is 2.98. The molecule has 1 aromatic carbocycles. The first kappa shape index (κ1) is 12.8. The summed E-state index contributed by atoms with van der Waals surface area (Å²) in [4.78, 5) is 11.1. The lowest BCUT2D eigenvalue weighted by Gasteiger charge is -2.16. The molecule has 4 heteroatoms. The molecule has 1 aliphatic heterocycles. The van der Waals surface area contributed by atoms with Gasteiger partial charge in [-0.05, 0) is 36.8 Å². The highest BCUT2D eigenvalue weighted by atomic mass is 16.7. The monoisotopic (exact) mass is 270 g/mol. The Morgan fingerprint density at radius 1 is 1.25 bits per heavy atom. The van der Waals surface area contributed by atoms with Crippen molar-refractivity contribution in [3.8, 4) is 0 Å². The summed E-state index contributed by atoms with van der Waals surface area (Å²) in [7, 11) is 0. The number of allylic oxidation sites excluding steroid dienone is 2. The van der Waals surface area contributed by atoms with Crippen molar-refractivity contribution in [3.05, 3.63) is 47.7 Å². The van der Waals surface area contributed by atoms with Crippen LogP contribution in [0.2, 0.25) is 0 Å². The van der Waals surface area contributed by atoms with Crippen molar-refractivity contribution < 1.29 is 14.3 Å². The molecule has 3 rings (SSSR count). The van der Waals surface area contributed by atoms with Crippen LogP contribution in [0.5, 0.6) is 0 Å². The SMILES string of the molecule is NC(=O)C1O[C]=C(c2ccccc2C2=CCCCC2)O1. The molecule has 4 nitrogen and oxygen atoms in total. The third-order valence-electron chi connectivity index (χ3n) is 3.52. The highest BCUT2D eigenvalue weighted by Crippen LogP contribution is 2.34. The lowest BCUT2D eigenvalue weighted by atomic mass is 9.90. The van der Waals surface area contributed by atoms with Crippen LogP contribution >= 0.6 is 0 Å². The smallest absolute Gasteiger partial charge is 0.321 e. The van der Waals surface area contributed by atoms with Crippen molar-refractivity contribution in [2.45, 2.75) is 32.0 Å². The van der Waals surface area contributed by atoms with Crippen LogP contribution < -0.4 is 5.73 Å². The minimum Gasteiger partial charge on any atom is -0.442 e. The summed E-state index contributed by atoms with van der Waals surface area (Å²) in [6.45, 7) is 0. The first-order valence-corrected chi connectivity index (χ1v) is 6.79. The number of nitrogens with two attached hydrogens (primary N) is 1. The molecule has 1 atom stereocenters. The number of benzene rings is 1. The predicted molar refractivity (Wildman–Crippen MR) is 74.7 cm³/mol. The fourth-order valence-corrected chi connectivity index (χ4v) is 2.54. The van der Waals surface area contributed by atoms with E-state index in [1.54, 1.807) is 0 Å². The molecule has 1 aromatic rings. The molecule has 0 spiro atoms. The van der Waals surface area contributed by atoms with Crippen LogP contribution in [-0.2, 0) is 14.3 Å². The Labute approximate surface area is 117 Å². The van der Waals surface area contributed by atoms with Crippen LogP contribution in [0.3, 0.4) is 0 Å². The minimum absolute atomic E-state index is 0.441. The lowest BCUT2D eigenvalue weighted by Crippen LogP contribution is -2.29. The van der Waals surface area contributed by atoms with Crippen LogP contribution in [-0.4, -0.2) is 12.2 Å². The zero-order valence-corrected chi connectivity index (χ0v) is 11.1. The summed E-state index contributed by atoms with van der Waals surface area (Å²) >= 11 is 0. The van der Waals surface area contributed by atoms with Gasteiger partial charge in [0, 0.05) is 5.56 Å². The van der Waals surface area contributed by atoms with E-state index in [0.717, 1.165) is 24.0 Å². The fraction of sp³-hybridized carbons (Fsp3) is 0.312. The summed E-state index contributed by atoms with van der Waals surface area (Å²) in [6, 6.07) is 7.93. The standard InChI is InChI=1S/C16H16NO3/c17-15(18)16-19-10-14(20-16)13-9-5-4-8-12(13)11-6-2-1-3-7-11/h4-6,8-9,16H,1-3,7H2,(H2,17,18). The predicted octanol–water partition coefficient (Wildman–Crippen LogP) is 2.60. The van der Waals surface area contributed by atoms with Gasteiger partial charge in [-0.2, -0.15) is 0 Å². The van der Waals surface area contributed by atoms with Crippen LogP contribution in [0.4, 0.5) is 0 Å². The number of hydrogen-bond acceptors (Lipinski definition) is 3. The molecule has 0 fully saturated rings. The Bertz CT molecular complexity index is 589. The molecule has 1 heterocycles. The van der Waals surface area contributed by atoms with E-state index in [-0.39, 0.29) is 0 Å². The van der Waals surface area contributed by atoms with E-state index in [9.17, 15) is 4.79 Å². The first-order chi connectivity index (χ1) is 9.75. The van der Waals surface area contributed by atoms with Gasteiger partial charge in [0.05, 0.1) is 0 Å². The Balaban J connectivity index is 1.91. The summed E-state index contributed by atoms with van der Waals surface area (Å²) in [6.07, 6.45) is 8.45. The maximum atomic E-state index is 11.1. The van der Waals surface area contributed by atoms with Gasteiger partial charge in [-0.3, -0.25) is 4.79 Å². The lowest BCUT2D eigenvalue weighted by molar-refractivity contribution is -0.140. The molecule has 1 unspecified atom stereocenters. The summed E-state index contributed by atoms with van der Waals surface area (Å²) in [5, 5.41) is 0. The summed E-state index contributed by atoms with van der Waals surface area (Å²) in [5.74, 6) is -0.210. The van der Waals surface area contributed by atoms with Crippen molar-refractivity contribution in [2.24, 2.45) is 5.73 Å². The second-order valence-electron chi connectivity index (χ2n) is 4.92. The van der Waals surface area contributed by atoms with Crippen LogP contribution in [0, 0.1) is 6.26 Å². The van der Waals surface area contributed by atoms with Crippen molar-refractivity contribution in [1.29, 1.82) is 0 Å². The van der Waals surface area contributed by atoms with E-state index in [4.69, 9.17) is 15.2 Å². The van der Waals surface area contributed by atoms with Gasteiger partial charge in [-0.15, -0.1) is 0 Å². The second kappa shape index (κ2) is 5.41. The van der Waals surface area contributed by atoms with Crippen molar-refractivity contribution >= 4 is 17.2 Å². The molecule has 0 aromatic heterocycles. The van der Waals surface area contributed by atoms with Gasteiger partial charge >= 0.3 is 6.29 Å². The number of ether oxygens (including phenoxy) is 2. The molecule has 1 aliphatic carbocycles. The number of amides is 1. The van der Waals surface area contributed by atoms with Gasteiger partial charge in [0.2, 0.25) is 6.26 Å². The van der Waals surface area contributed by atoms with E-state index >= 15 is 0 Å². The minimum atomic E-state index is -1.07. The molecular weight excluding hydrogens is 254 g/mol. The molecule has 2 N–H and O–H groups in total. The van der Waals surface area contributed by atoms with Gasteiger partial charge < -0.3 is 15.2 Å². The number of carbonyl (C=O) groups excluding carboxylic acids is 1. The topological polar surface area (TPSA) is 61.6 Å². The third-order valence-corrected chi connectivity index (χ3v) is 3.52. The molecule has 1 radical (unpaired) electrons. The van der Waals surface area contributed by atoms with Crippen molar-refractivity contribution in [3.63, 3.8) is 0 Å². The zero-order valence-electron chi connectivity index (χ0n) is 11.1. The highest BCUT2D eigenvalue weighted by Gasteiger charge is 2.28. The van der Waals surface area contributed by atoms with Gasteiger partial charge in [0.15, 0.2) is 5.76 Å². The Kier molecular flexibility index (Phi) is 3.46. The summed E-state index contributed by atoms with van der Waals surface area (Å²) < 4.78 is 10.4. The van der Waals surface area contributed by atoms with E-state index in [0.29, 0.717) is 5.76 Å². The van der Waals surface area contributed by atoms with E-state index in [1.807, 2.05) is 18.2 Å². The maximum absolute atomic E-state index is 11.1. The van der Waals surface area contributed by atoms with Crippen LogP contribution in [0.25, 0.3) is 11.3 Å². The van der Waals surface area contributed by atoms with Gasteiger partial charge in [0.25, 0.3) is 5.91 Å². The normalized spacial score (nSPS) is 21.5. The molecule has 103 valence electrons. The maximum Gasteiger partial charge on any atom is 0.321 e. The molecule has 0 bridgehead atoms. The number of carbonyl (C=O) groups is 1. The molecule has 0 saturated carbocycles. The Morgan fingerprint density at radius 3 is 2.70 bits per heavy atom. The van der Waals surface area contributed by atoms with Crippen molar-refractivity contribution in [2.75, 3.05) is 0 Å². The fourth-order valence-electron chi connectivity index (χ4n) is 2.54. The average molecular weight is 270 g/mol. The quantitative estimate of drug-likeness (QED) is 0.918. The van der Waals surface area contributed by atoms with E-state index in [1.165, 1.54) is 18.4 Å². The van der Waals surface area contributed by atoms with Gasteiger partial charge in [-0.1, -0.05) is 30.3 Å². The largest absolute Gasteiger partial charge is 0.442 e. The molecular formula is C16H16NO3. The Morgan fingerprint density at radius 2 is 2.05 bits per heavy atom. The highest BCUT2D eigenvalue weighted by molar-refractivity contribution is 5.81. The van der Waals surface area contributed by atoms with Gasteiger partial charge in [-0.25, -0.2) is 0 Å².